The van der Waals surface area contributed by atoms with Gasteiger partial charge in [-0.25, -0.2) is 0 Å². The molecule has 1 radical (unpaired) electrons. The van der Waals surface area contributed by atoms with Crippen molar-refractivity contribution in [2.45, 2.75) is 0 Å². The molecule has 0 aliphatic rings. The second-order valence-corrected chi connectivity index (χ2v) is 5.80. The van der Waals surface area contributed by atoms with E-state index in [9.17, 15) is 0 Å². The molecule has 0 atom stereocenters. The Hall–Kier alpha value is -3.06. The Morgan fingerprint density at radius 3 is 2.39 bits per heavy atom. The van der Waals surface area contributed by atoms with Gasteiger partial charge in [0.1, 0.15) is 0 Å². The summed E-state index contributed by atoms with van der Waals surface area (Å²) >= 11 is 0. The molecule has 0 saturated carbocycles. The zero-order chi connectivity index (χ0) is 15.2. The van der Waals surface area contributed by atoms with Crippen LogP contribution in [0.5, 0.6) is 0 Å². The van der Waals surface area contributed by atoms with Crippen molar-refractivity contribution < 1.29 is 0 Å². The molecule has 23 heavy (non-hydrogen) atoms. The second kappa shape index (κ2) is 4.72. The fourth-order valence-electron chi connectivity index (χ4n) is 3.53. The number of benzene rings is 4. The maximum atomic E-state index is 3.23. The van der Waals surface area contributed by atoms with E-state index < -0.39 is 0 Å². The predicted molar refractivity (Wildman–Crippen MR) is 97.1 cm³/mol. The van der Waals surface area contributed by atoms with E-state index in [0.29, 0.717) is 0 Å². The first-order chi connectivity index (χ1) is 11.4. The van der Waals surface area contributed by atoms with Crippen molar-refractivity contribution in [1.29, 1.82) is 0 Å². The zero-order valence-electron chi connectivity index (χ0n) is 12.5. The summed E-state index contributed by atoms with van der Waals surface area (Å²) in [5, 5.41) is 5.17. The van der Waals surface area contributed by atoms with Crippen LogP contribution in [0.25, 0.3) is 38.3 Å². The Balaban J connectivity index is 2.07. The van der Waals surface area contributed by atoms with E-state index in [1.165, 1.54) is 38.3 Å². The molecule has 1 heteroatoms. The van der Waals surface area contributed by atoms with Crippen LogP contribution in [0, 0.1) is 6.07 Å². The number of fused-ring (bicyclic) bond motifs is 5. The van der Waals surface area contributed by atoms with Crippen LogP contribution in [0.15, 0.2) is 84.9 Å². The summed E-state index contributed by atoms with van der Waals surface area (Å²) in [6.45, 7) is 0. The van der Waals surface area contributed by atoms with Crippen molar-refractivity contribution in [2.24, 2.45) is 0 Å². The number of aromatic nitrogens is 1. The summed E-state index contributed by atoms with van der Waals surface area (Å²) in [7, 11) is 0. The van der Waals surface area contributed by atoms with Gasteiger partial charge < -0.3 is 4.57 Å². The Kier molecular flexibility index (Phi) is 2.56. The molecular formula is C22H14N. The van der Waals surface area contributed by atoms with Crippen LogP contribution in [0.4, 0.5) is 0 Å². The third-order valence-electron chi connectivity index (χ3n) is 4.51. The Morgan fingerprint density at radius 1 is 0.652 bits per heavy atom. The van der Waals surface area contributed by atoms with Gasteiger partial charge in [-0.1, -0.05) is 60.7 Å². The van der Waals surface area contributed by atoms with Gasteiger partial charge in [0.15, 0.2) is 0 Å². The quantitative estimate of drug-likeness (QED) is 0.371. The van der Waals surface area contributed by atoms with Crippen LogP contribution in [0.3, 0.4) is 0 Å². The minimum atomic E-state index is 1.18. The van der Waals surface area contributed by atoms with Crippen LogP contribution in [-0.2, 0) is 0 Å². The maximum absolute atomic E-state index is 3.23. The van der Waals surface area contributed by atoms with E-state index in [-0.39, 0.29) is 0 Å². The first-order valence-electron chi connectivity index (χ1n) is 7.81. The molecule has 0 spiro atoms. The minimum Gasteiger partial charge on any atom is -0.309 e. The summed E-state index contributed by atoms with van der Waals surface area (Å²) in [5.74, 6) is 0. The molecule has 0 bridgehead atoms. The molecule has 1 heterocycles. The van der Waals surface area contributed by atoms with Crippen LogP contribution >= 0.6 is 0 Å². The summed E-state index contributed by atoms with van der Waals surface area (Å²) in [5.41, 5.74) is 3.62. The number of nitrogens with zero attached hydrogens (tertiary/aromatic N) is 1. The largest absolute Gasteiger partial charge is 0.309 e. The lowest BCUT2D eigenvalue weighted by atomic mass is 10.0. The summed E-state index contributed by atoms with van der Waals surface area (Å²) in [6.07, 6.45) is 0. The minimum absolute atomic E-state index is 1.18. The molecule has 5 rings (SSSR count). The zero-order valence-corrected chi connectivity index (χ0v) is 12.5. The highest BCUT2D eigenvalue weighted by Crippen LogP contribution is 2.36. The monoisotopic (exact) mass is 292 g/mol. The first-order valence-corrected chi connectivity index (χ1v) is 7.81. The molecule has 0 unspecified atom stereocenters. The maximum Gasteiger partial charge on any atom is 0.0547 e. The average Bonchev–Trinajstić information content (AvgIpc) is 2.97. The fourth-order valence-corrected chi connectivity index (χ4v) is 3.53. The Morgan fingerprint density at radius 2 is 1.48 bits per heavy atom. The van der Waals surface area contributed by atoms with Gasteiger partial charge in [0.05, 0.1) is 11.0 Å². The van der Waals surface area contributed by atoms with Crippen LogP contribution in [0.1, 0.15) is 0 Å². The van der Waals surface area contributed by atoms with E-state index in [2.05, 4.69) is 89.5 Å². The van der Waals surface area contributed by atoms with Gasteiger partial charge in [-0.3, -0.25) is 0 Å². The van der Waals surface area contributed by atoms with Gasteiger partial charge >= 0.3 is 0 Å². The van der Waals surface area contributed by atoms with Crippen molar-refractivity contribution >= 4 is 32.6 Å². The van der Waals surface area contributed by atoms with Gasteiger partial charge in [0.2, 0.25) is 0 Å². The van der Waals surface area contributed by atoms with Crippen LogP contribution in [0.2, 0.25) is 0 Å². The second-order valence-electron chi connectivity index (χ2n) is 5.80. The Labute approximate surface area is 134 Å². The van der Waals surface area contributed by atoms with Gasteiger partial charge in [-0.15, -0.1) is 0 Å². The summed E-state index contributed by atoms with van der Waals surface area (Å²) in [6, 6.07) is 33.0. The fraction of sp³-hybridized carbons (Fsp3) is 0. The lowest BCUT2D eigenvalue weighted by Gasteiger charge is -2.07. The predicted octanol–water partition coefficient (Wildman–Crippen LogP) is 5.74. The van der Waals surface area contributed by atoms with Gasteiger partial charge in [0.25, 0.3) is 0 Å². The van der Waals surface area contributed by atoms with Crippen LogP contribution < -0.4 is 0 Å². The SMILES string of the molecule is [c]1ccc2c3c4ccccc4ccc3n(-c3ccccc3)c2c1. The average molecular weight is 292 g/mol. The molecule has 1 nitrogen and oxygen atoms in total. The van der Waals surface area contributed by atoms with Crippen LogP contribution in [-0.4, -0.2) is 4.57 Å². The van der Waals surface area contributed by atoms with Gasteiger partial charge in [0, 0.05) is 16.5 Å². The van der Waals surface area contributed by atoms with Crippen molar-refractivity contribution in [3.63, 3.8) is 0 Å². The molecule has 107 valence electrons. The van der Waals surface area contributed by atoms with E-state index in [1.807, 2.05) is 6.07 Å². The summed E-state index contributed by atoms with van der Waals surface area (Å²) < 4.78 is 2.33. The number of para-hydroxylation sites is 1. The molecule has 5 aromatic rings. The highest BCUT2D eigenvalue weighted by atomic mass is 15.0. The van der Waals surface area contributed by atoms with Crippen molar-refractivity contribution in [3.8, 4) is 5.69 Å². The third-order valence-corrected chi connectivity index (χ3v) is 4.51. The van der Waals surface area contributed by atoms with Crippen molar-refractivity contribution in [2.75, 3.05) is 0 Å². The Bertz CT molecular complexity index is 1150. The first kappa shape index (κ1) is 12.5. The topological polar surface area (TPSA) is 4.93 Å². The molecule has 4 aromatic carbocycles. The van der Waals surface area contributed by atoms with Crippen molar-refractivity contribution in [3.05, 3.63) is 91.0 Å². The molecular weight excluding hydrogens is 278 g/mol. The van der Waals surface area contributed by atoms with Gasteiger partial charge in [-0.2, -0.15) is 0 Å². The lowest BCUT2D eigenvalue weighted by Crippen LogP contribution is -1.92. The molecule has 0 N–H and O–H groups in total. The molecule has 0 aliphatic carbocycles. The van der Waals surface area contributed by atoms with Crippen molar-refractivity contribution in [1.82, 2.24) is 4.57 Å². The van der Waals surface area contributed by atoms with E-state index in [0.717, 1.165) is 0 Å². The number of rotatable bonds is 1. The smallest absolute Gasteiger partial charge is 0.0547 e. The van der Waals surface area contributed by atoms with E-state index in [4.69, 9.17) is 0 Å². The summed E-state index contributed by atoms with van der Waals surface area (Å²) in [4.78, 5) is 0. The molecule has 1 aromatic heterocycles. The highest BCUT2D eigenvalue weighted by molar-refractivity contribution is 6.21. The molecule has 0 aliphatic heterocycles. The van der Waals surface area contributed by atoms with Gasteiger partial charge in [-0.05, 0) is 41.1 Å². The molecule has 0 saturated heterocycles. The number of hydrogen-bond donors (Lipinski definition) is 0. The third kappa shape index (κ3) is 1.74. The van der Waals surface area contributed by atoms with E-state index >= 15 is 0 Å². The number of hydrogen-bond acceptors (Lipinski definition) is 0. The normalized spacial score (nSPS) is 11.5. The highest BCUT2D eigenvalue weighted by Gasteiger charge is 2.13. The molecule has 0 fully saturated rings. The molecule has 0 amide bonds. The standard InChI is InChI=1S/C22H14N/c1-2-9-17(10-3-1)23-20-13-7-6-12-19(20)22-18-11-5-4-8-16(18)14-15-21(22)23/h1-6,8-15H. The lowest BCUT2D eigenvalue weighted by molar-refractivity contribution is 1.18. The van der Waals surface area contributed by atoms with E-state index in [1.54, 1.807) is 0 Å².